The Bertz CT molecular complexity index is 1230. The lowest BCUT2D eigenvalue weighted by Crippen LogP contribution is -2.31. The third-order valence-electron chi connectivity index (χ3n) is 5.59. The number of nitrogens with zero attached hydrogens (tertiary/aromatic N) is 1. The number of carbonyl (C=O) groups is 2. The van der Waals surface area contributed by atoms with E-state index in [9.17, 15) is 9.59 Å². The van der Waals surface area contributed by atoms with Gasteiger partial charge in [0.05, 0.1) is 18.2 Å². The van der Waals surface area contributed by atoms with Crippen molar-refractivity contribution >= 4 is 29.2 Å². The van der Waals surface area contributed by atoms with Crippen molar-refractivity contribution in [2.45, 2.75) is 20.0 Å². The van der Waals surface area contributed by atoms with E-state index in [2.05, 4.69) is 16.3 Å². The molecule has 1 aromatic heterocycles. The first-order valence-electron chi connectivity index (χ1n) is 10.2. The summed E-state index contributed by atoms with van der Waals surface area (Å²) in [6.45, 7) is 3.94. The Labute approximate surface area is 189 Å². The van der Waals surface area contributed by atoms with Gasteiger partial charge in [-0.05, 0) is 48.2 Å². The van der Waals surface area contributed by atoms with Crippen molar-refractivity contribution in [2.75, 3.05) is 13.8 Å². The summed E-state index contributed by atoms with van der Waals surface area (Å²) < 4.78 is 16.7. The highest BCUT2D eigenvalue weighted by atomic mass is 32.1. The number of allylic oxidation sites excluding steroid dienone is 1. The lowest BCUT2D eigenvalue weighted by Gasteiger charge is -2.30. The highest BCUT2D eigenvalue weighted by molar-refractivity contribution is 7.09. The molecule has 2 aliphatic rings. The molecule has 32 heavy (non-hydrogen) atoms. The number of hydrogen-bond donors (Lipinski definition) is 0. The summed E-state index contributed by atoms with van der Waals surface area (Å²) in [4.78, 5) is 28.2. The summed E-state index contributed by atoms with van der Waals surface area (Å²) in [6.07, 6.45) is 1.69. The number of thiophene rings is 1. The molecule has 3 heterocycles. The van der Waals surface area contributed by atoms with Gasteiger partial charge in [0.15, 0.2) is 5.76 Å². The van der Waals surface area contributed by atoms with Crippen LogP contribution in [0.1, 0.15) is 42.3 Å². The Morgan fingerprint density at radius 3 is 2.75 bits per heavy atom. The monoisotopic (exact) mass is 447 g/mol. The van der Waals surface area contributed by atoms with Crippen LogP contribution in [0.4, 0.5) is 0 Å². The first-order valence-corrected chi connectivity index (χ1v) is 11.1. The number of fused-ring (bicyclic) bond motifs is 2. The zero-order chi connectivity index (χ0) is 22.2. The number of Topliss-reactive ketones (excluding diaryl/α,β-unsaturated/α-hetero) is 1. The van der Waals surface area contributed by atoms with E-state index in [1.165, 1.54) is 12.0 Å². The molecule has 6 nitrogen and oxygen atoms in total. The number of hydrogen-bond acceptors (Lipinski definition) is 7. The van der Waals surface area contributed by atoms with E-state index in [1.54, 1.807) is 41.7 Å². The van der Waals surface area contributed by atoms with Crippen LogP contribution in [-0.2, 0) is 17.8 Å². The summed E-state index contributed by atoms with van der Waals surface area (Å²) in [5.41, 5.74) is 3.59. The van der Waals surface area contributed by atoms with E-state index in [-0.39, 0.29) is 11.5 Å². The summed E-state index contributed by atoms with van der Waals surface area (Å²) in [5.74, 6) is 1.05. The normalized spacial score (nSPS) is 16.3. The zero-order valence-corrected chi connectivity index (χ0v) is 18.5. The van der Waals surface area contributed by atoms with E-state index >= 15 is 0 Å². The molecule has 2 aliphatic heterocycles. The van der Waals surface area contributed by atoms with Crippen LogP contribution in [0.25, 0.3) is 6.08 Å². The maximum atomic E-state index is 13.1. The van der Waals surface area contributed by atoms with Gasteiger partial charge in [0.25, 0.3) is 0 Å². The van der Waals surface area contributed by atoms with Gasteiger partial charge in [-0.2, -0.15) is 0 Å². The molecule has 5 rings (SSSR count). The van der Waals surface area contributed by atoms with Crippen molar-refractivity contribution < 1.29 is 23.8 Å². The number of benzene rings is 2. The molecule has 0 bridgehead atoms. The molecule has 162 valence electrons. The Morgan fingerprint density at radius 1 is 1.22 bits per heavy atom. The standard InChI is InChI=1S/C25H21NO5S/c1-15-23-18(12-26(14-30-23)13-19-4-3-9-32-19)11-20-22(27)21(31-24(15)20)10-16-5-7-17(8-6-16)25(28)29-2/h3-11H,12-14H2,1-2H3/b21-10-. The summed E-state index contributed by atoms with van der Waals surface area (Å²) >= 11 is 1.72. The minimum Gasteiger partial charge on any atom is -0.477 e. The van der Waals surface area contributed by atoms with Crippen LogP contribution in [0.5, 0.6) is 11.5 Å². The highest BCUT2D eigenvalue weighted by Crippen LogP contribution is 2.43. The Hall–Kier alpha value is -3.42. The van der Waals surface area contributed by atoms with Crippen molar-refractivity contribution in [3.8, 4) is 11.5 Å². The van der Waals surface area contributed by atoms with Crippen LogP contribution < -0.4 is 9.47 Å². The van der Waals surface area contributed by atoms with Gasteiger partial charge in [-0.15, -0.1) is 11.3 Å². The first-order chi connectivity index (χ1) is 15.5. The second-order valence-electron chi connectivity index (χ2n) is 7.76. The predicted octanol–water partition coefficient (Wildman–Crippen LogP) is 4.81. The molecular weight excluding hydrogens is 426 g/mol. The topological polar surface area (TPSA) is 65.1 Å². The Morgan fingerprint density at radius 2 is 2.03 bits per heavy atom. The van der Waals surface area contributed by atoms with Crippen molar-refractivity contribution in [1.82, 2.24) is 4.90 Å². The fourth-order valence-electron chi connectivity index (χ4n) is 4.01. The van der Waals surface area contributed by atoms with Crippen LogP contribution >= 0.6 is 11.3 Å². The van der Waals surface area contributed by atoms with Crippen LogP contribution in [0.2, 0.25) is 0 Å². The summed E-state index contributed by atoms with van der Waals surface area (Å²) in [7, 11) is 1.34. The smallest absolute Gasteiger partial charge is 0.337 e. The molecular formula is C25H21NO5S. The first kappa shape index (κ1) is 20.5. The van der Waals surface area contributed by atoms with Crippen LogP contribution in [0, 0.1) is 6.92 Å². The van der Waals surface area contributed by atoms with Gasteiger partial charge in [0.2, 0.25) is 5.78 Å². The van der Waals surface area contributed by atoms with Crippen molar-refractivity contribution in [3.05, 3.63) is 86.3 Å². The quantitative estimate of drug-likeness (QED) is 0.422. The van der Waals surface area contributed by atoms with Gasteiger partial charge in [0.1, 0.15) is 18.2 Å². The van der Waals surface area contributed by atoms with E-state index in [0.717, 1.165) is 29.0 Å². The fraction of sp³-hybridized carbons (Fsp3) is 0.200. The average Bonchev–Trinajstić information content (AvgIpc) is 3.42. The molecule has 0 aliphatic carbocycles. The number of ether oxygens (including phenoxy) is 3. The highest BCUT2D eigenvalue weighted by Gasteiger charge is 2.33. The molecule has 0 amide bonds. The molecule has 0 N–H and O–H groups in total. The number of esters is 1. The predicted molar refractivity (Wildman–Crippen MR) is 121 cm³/mol. The van der Waals surface area contributed by atoms with Crippen LogP contribution in [-0.4, -0.2) is 30.5 Å². The molecule has 0 saturated carbocycles. The van der Waals surface area contributed by atoms with Crippen molar-refractivity contribution in [1.29, 1.82) is 0 Å². The Kier molecular flexibility index (Phi) is 5.28. The number of methoxy groups -OCH3 is 1. The zero-order valence-electron chi connectivity index (χ0n) is 17.7. The molecule has 0 saturated heterocycles. The van der Waals surface area contributed by atoms with E-state index < -0.39 is 5.97 Å². The minimum atomic E-state index is -0.404. The van der Waals surface area contributed by atoms with Crippen LogP contribution in [0.15, 0.2) is 53.6 Å². The van der Waals surface area contributed by atoms with Crippen molar-refractivity contribution in [2.24, 2.45) is 0 Å². The second-order valence-corrected chi connectivity index (χ2v) is 8.79. The molecule has 0 atom stereocenters. The number of ketones is 1. The lowest BCUT2D eigenvalue weighted by molar-refractivity contribution is 0.0600. The third-order valence-corrected chi connectivity index (χ3v) is 6.45. The Balaban J connectivity index is 1.40. The minimum absolute atomic E-state index is 0.154. The van der Waals surface area contributed by atoms with E-state index in [1.807, 2.05) is 19.1 Å². The SMILES string of the molecule is COC(=O)c1ccc(/C=C2\Oc3c(cc4c(c3C)OCN(Cc3cccs3)C4)C2=O)cc1. The fourth-order valence-corrected chi connectivity index (χ4v) is 4.75. The van der Waals surface area contributed by atoms with Gasteiger partial charge in [-0.25, -0.2) is 4.79 Å². The van der Waals surface area contributed by atoms with Crippen LogP contribution in [0.3, 0.4) is 0 Å². The van der Waals surface area contributed by atoms with Gasteiger partial charge in [-0.3, -0.25) is 9.69 Å². The molecule has 0 spiro atoms. The summed E-state index contributed by atoms with van der Waals surface area (Å²) in [5, 5.41) is 2.07. The number of rotatable bonds is 4. The lowest BCUT2D eigenvalue weighted by atomic mass is 10.00. The molecule has 0 unspecified atom stereocenters. The molecule has 7 heteroatoms. The van der Waals surface area contributed by atoms with Gasteiger partial charge in [0, 0.05) is 29.1 Å². The number of carbonyl (C=O) groups excluding carboxylic acids is 2. The largest absolute Gasteiger partial charge is 0.477 e. The van der Waals surface area contributed by atoms with Gasteiger partial charge >= 0.3 is 5.97 Å². The maximum Gasteiger partial charge on any atom is 0.337 e. The third kappa shape index (κ3) is 3.70. The van der Waals surface area contributed by atoms with Gasteiger partial charge < -0.3 is 14.2 Å². The molecule has 3 aromatic rings. The van der Waals surface area contributed by atoms with E-state index in [4.69, 9.17) is 14.2 Å². The molecule has 0 radical (unpaired) electrons. The van der Waals surface area contributed by atoms with Gasteiger partial charge in [-0.1, -0.05) is 18.2 Å². The average molecular weight is 448 g/mol. The molecule has 2 aromatic carbocycles. The van der Waals surface area contributed by atoms with Crippen molar-refractivity contribution in [3.63, 3.8) is 0 Å². The van der Waals surface area contributed by atoms with E-state index in [0.29, 0.717) is 30.2 Å². The second kappa shape index (κ2) is 8.26. The molecule has 0 fully saturated rings. The summed E-state index contributed by atoms with van der Waals surface area (Å²) in [6, 6.07) is 12.9. The maximum absolute atomic E-state index is 13.1.